The quantitative estimate of drug-likeness (QED) is 0.523. The molecule has 3 aliphatic rings. The van der Waals surface area contributed by atoms with Gasteiger partial charge in [-0.25, -0.2) is 0 Å². The fourth-order valence-electron chi connectivity index (χ4n) is 3.77. The van der Waals surface area contributed by atoms with E-state index in [-0.39, 0.29) is 29.9 Å². The Morgan fingerprint density at radius 1 is 1.10 bits per heavy atom. The second-order valence-corrected chi connectivity index (χ2v) is 15.5. The maximum atomic E-state index is 9.51. The topological polar surface area (TPSA) is 20.2 Å². The zero-order valence-corrected chi connectivity index (χ0v) is 17.8. The molecule has 0 amide bonds. The summed E-state index contributed by atoms with van der Waals surface area (Å²) in [6.45, 7) is 7.75. The van der Waals surface area contributed by atoms with Crippen LogP contribution >= 0.6 is 0 Å². The molecule has 0 unspecified atom stereocenters. The van der Waals surface area contributed by atoms with Crippen molar-refractivity contribution in [1.82, 2.24) is 0 Å². The van der Waals surface area contributed by atoms with E-state index in [1.165, 1.54) is 12.8 Å². The molecule has 1 N–H and O–H groups in total. The van der Waals surface area contributed by atoms with Crippen LogP contribution in [0.3, 0.4) is 0 Å². The molecule has 0 atom stereocenters. The summed E-state index contributed by atoms with van der Waals surface area (Å²) < 4.78 is 3.62. The van der Waals surface area contributed by atoms with Crippen molar-refractivity contribution in [3.05, 3.63) is 42.0 Å². The van der Waals surface area contributed by atoms with Crippen molar-refractivity contribution in [2.24, 2.45) is 0 Å². The average molecular weight is 421 g/mol. The van der Waals surface area contributed by atoms with E-state index in [0.717, 1.165) is 6.04 Å². The Morgan fingerprint density at radius 2 is 1.57 bits per heavy atom. The maximum Gasteiger partial charge on any atom is -1.00 e. The molecule has 5 heteroatoms. The molecular formula is C16H22Cl2OSiZr. The first-order chi connectivity index (χ1) is 9.00. The van der Waals surface area contributed by atoms with Crippen molar-refractivity contribution in [1.29, 1.82) is 0 Å². The van der Waals surface area contributed by atoms with Gasteiger partial charge >= 0.3 is 129 Å². The molecule has 0 aromatic heterocycles. The standard InChI is InChI=1S/C16H22OSi.2ClH.Zr/c1-16(14-8-4-5-9-14,15-10-6-7-11-15)18(2,3)13-12-17;;;/h4,6,8,10,17H,5,7,12-13H2,1-3H3;2*1H;/q;;;+2/p-2. The first kappa shape index (κ1) is 19.6. The van der Waals surface area contributed by atoms with Crippen LogP contribution in [0.15, 0.2) is 42.0 Å². The summed E-state index contributed by atoms with van der Waals surface area (Å²) in [5.74, 6) is 0. The fraction of sp³-hybridized carbons (Fsp3) is 0.500. The number of halogens is 2. The van der Waals surface area contributed by atoms with Crippen molar-refractivity contribution in [3.8, 4) is 0 Å². The van der Waals surface area contributed by atoms with E-state index in [1.54, 1.807) is 11.1 Å². The van der Waals surface area contributed by atoms with Crippen molar-refractivity contribution >= 4 is 8.07 Å². The van der Waals surface area contributed by atoms with Gasteiger partial charge in [-0.05, 0) is 0 Å². The summed E-state index contributed by atoms with van der Waals surface area (Å²) in [5.41, 5.74) is 3.32. The SMILES string of the molecule is CC1([Si](C)(C)CCO)C2=[C](CC=C2)[Zr+2][C]2=C1C=CC2.[Cl-].[Cl-]. The Hall–Kier alpha value is 0.600. The summed E-state index contributed by atoms with van der Waals surface area (Å²) in [7, 11) is -1.54. The van der Waals surface area contributed by atoms with E-state index < -0.39 is 31.3 Å². The molecule has 0 bridgehead atoms. The summed E-state index contributed by atoms with van der Waals surface area (Å²) >= 11 is -0.486. The van der Waals surface area contributed by atoms with Gasteiger partial charge in [-0.15, -0.1) is 0 Å². The number of hydrogen-bond donors (Lipinski definition) is 1. The zero-order chi connectivity index (χ0) is 13.7. The van der Waals surface area contributed by atoms with Gasteiger partial charge in [0.1, 0.15) is 0 Å². The molecule has 21 heavy (non-hydrogen) atoms. The molecule has 0 fully saturated rings. The first-order valence-electron chi connectivity index (χ1n) is 7.19. The second kappa shape index (κ2) is 7.01. The maximum absolute atomic E-state index is 9.51. The Morgan fingerprint density at radius 3 is 2.00 bits per heavy atom. The van der Waals surface area contributed by atoms with Crippen LogP contribution in [0.4, 0.5) is 0 Å². The van der Waals surface area contributed by atoms with Crippen LogP contribution in [-0.2, 0) is 23.2 Å². The molecule has 0 saturated carbocycles. The van der Waals surface area contributed by atoms with Gasteiger partial charge in [0.2, 0.25) is 0 Å². The van der Waals surface area contributed by atoms with Crippen molar-refractivity contribution in [2.75, 3.05) is 6.61 Å². The molecule has 114 valence electrons. The number of hydrogen-bond acceptors (Lipinski definition) is 1. The molecule has 1 heterocycles. The van der Waals surface area contributed by atoms with Crippen molar-refractivity contribution in [3.63, 3.8) is 0 Å². The van der Waals surface area contributed by atoms with Crippen LogP contribution in [0.1, 0.15) is 19.8 Å². The summed E-state index contributed by atoms with van der Waals surface area (Å²) in [6, 6.07) is 1.00. The molecule has 0 saturated heterocycles. The molecule has 2 aliphatic carbocycles. The van der Waals surface area contributed by atoms with E-state index in [1.807, 2.05) is 6.56 Å². The Balaban J connectivity index is 0.00000110. The molecule has 1 aliphatic heterocycles. The average Bonchev–Trinajstić information content (AvgIpc) is 2.97. The second-order valence-electron chi connectivity index (χ2n) is 6.60. The predicted molar refractivity (Wildman–Crippen MR) is 79.3 cm³/mol. The van der Waals surface area contributed by atoms with Gasteiger partial charge in [-0.2, -0.15) is 0 Å². The Kier molecular flexibility index (Phi) is 6.56. The predicted octanol–water partition coefficient (Wildman–Crippen LogP) is -2.02. The Bertz CT molecular complexity index is 510. The van der Waals surface area contributed by atoms with Gasteiger partial charge in [-0.3, -0.25) is 0 Å². The third kappa shape index (κ3) is 2.90. The van der Waals surface area contributed by atoms with E-state index in [4.69, 9.17) is 0 Å². The van der Waals surface area contributed by atoms with E-state index >= 15 is 0 Å². The molecule has 0 aromatic carbocycles. The van der Waals surface area contributed by atoms with Crippen LogP contribution in [-0.4, -0.2) is 19.8 Å². The van der Waals surface area contributed by atoms with Gasteiger partial charge in [-0.1, -0.05) is 0 Å². The monoisotopic (exact) mass is 418 g/mol. The molecular weight excluding hydrogens is 398 g/mol. The number of rotatable bonds is 3. The van der Waals surface area contributed by atoms with Gasteiger partial charge in [0.05, 0.1) is 0 Å². The summed E-state index contributed by atoms with van der Waals surface area (Å²) in [4.78, 5) is 0. The van der Waals surface area contributed by atoms with Crippen LogP contribution in [0.25, 0.3) is 0 Å². The van der Waals surface area contributed by atoms with E-state index in [2.05, 4.69) is 44.3 Å². The third-order valence-electron chi connectivity index (χ3n) is 5.33. The minimum atomic E-state index is -1.54. The summed E-state index contributed by atoms with van der Waals surface area (Å²) in [6.07, 6.45) is 12.0. The fourth-order valence-corrected chi connectivity index (χ4v) is 11.6. The molecule has 0 spiro atoms. The smallest absolute Gasteiger partial charge is 1.00 e. The van der Waals surface area contributed by atoms with Gasteiger partial charge < -0.3 is 24.8 Å². The summed E-state index contributed by atoms with van der Waals surface area (Å²) in [5, 5.41) is 9.74. The molecule has 3 rings (SSSR count). The molecule has 1 nitrogen and oxygen atoms in total. The largest absolute Gasteiger partial charge is 1.00 e. The molecule has 0 radical (unpaired) electrons. The Labute approximate surface area is 153 Å². The van der Waals surface area contributed by atoms with E-state index in [9.17, 15) is 5.11 Å². The van der Waals surface area contributed by atoms with Crippen molar-refractivity contribution in [2.45, 2.75) is 43.9 Å². The van der Waals surface area contributed by atoms with Crippen LogP contribution in [0.5, 0.6) is 0 Å². The third-order valence-corrected chi connectivity index (χ3v) is 13.9. The number of aliphatic hydroxyl groups is 1. The minimum Gasteiger partial charge on any atom is -1.00 e. The van der Waals surface area contributed by atoms with Gasteiger partial charge in [0.25, 0.3) is 0 Å². The van der Waals surface area contributed by atoms with Gasteiger partial charge in [0, 0.05) is 0 Å². The first-order valence-corrected chi connectivity index (χ1v) is 12.9. The van der Waals surface area contributed by atoms with E-state index in [0.29, 0.717) is 6.61 Å². The minimum absolute atomic E-state index is 0. The van der Waals surface area contributed by atoms with Crippen LogP contribution in [0, 0.1) is 0 Å². The molecule has 0 aromatic rings. The van der Waals surface area contributed by atoms with Crippen molar-refractivity contribution < 1.29 is 53.2 Å². The van der Waals surface area contributed by atoms with Gasteiger partial charge in [0.15, 0.2) is 0 Å². The zero-order valence-electron chi connectivity index (χ0n) is 12.8. The van der Waals surface area contributed by atoms with Crippen LogP contribution in [0.2, 0.25) is 24.2 Å². The number of aliphatic hydroxyl groups excluding tert-OH is 1. The normalized spacial score (nSPS) is 21.1. The van der Waals surface area contributed by atoms with Crippen LogP contribution < -0.4 is 24.8 Å². The number of allylic oxidation sites excluding steroid dienone is 8.